The fourth-order valence-electron chi connectivity index (χ4n) is 2.86. The number of quaternary nitrogens is 1. The fourth-order valence-corrected chi connectivity index (χ4v) is 3.04. The van der Waals surface area contributed by atoms with Gasteiger partial charge in [-0.15, -0.1) is 0 Å². The van der Waals surface area contributed by atoms with Crippen molar-refractivity contribution in [3.8, 4) is 0 Å². The maximum atomic E-state index is 12.0. The molecule has 1 heterocycles. The molecule has 6 nitrogen and oxygen atoms in total. The topological polar surface area (TPSA) is 76.7 Å². The van der Waals surface area contributed by atoms with Crippen molar-refractivity contribution in [2.45, 2.75) is 26.2 Å². The van der Waals surface area contributed by atoms with Crippen LogP contribution in [0.3, 0.4) is 0 Å². The minimum Gasteiger partial charge on any atom is -0.352 e. The van der Waals surface area contributed by atoms with E-state index in [1.54, 1.807) is 4.90 Å². The van der Waals surface area contributed by atoms with Gasteiger partial charge in [0.05, 0.1) is 24.6 Å². The summed E-state index contributed by atoms with van der Waals surface area (Å²) in [6.07, 6.45) is 3.46. The first-order valence-corrected chi connectivity index (χ1v) is 8.41. The number of carbonyl (C=O) groups is 1. The van der Waals surface area contributed by atoms with E-state index in [0.29, 0.717) is 6.54 Å². The van der Waals surface area contributed by atoms with Gasteiger partial charge in [0.1, 0.15) is 5.02 Å². The van der Waals surface area contributed by atoms with Crippen molar-refractivity contribution in [3.63, 3.8) is 0 Å². The molecule has 126 valence electrons. The highest BCUT2D eigenvalue weighted by molar-refractivity contribution is 6.32. The summed E-state index contributed by atoms with van der Waals surface area (Å²) in [5.41, 5.74) is 0.0199. The van der Waals surface area contributed by atoms with Crippen molar-refractivity contribution in [2.24, 2.45) is 5.92 Å². The zero-order valence-electron chi connectivity index (χ0n) is 13.3. The van der Waals surface area contributed by atoms with Crippen molar-refractivity contribution in [2.75, 3.05) is 26.2 Å². The van der Waals surface area contributed by atoms with E-state index in [1.807, 2.05) is 0 Å². The molecule has 7 heteroatoms. The molecule has 1 aromatic carbocycles. The summed E-state index contributed by atoms with van der Waals surface area (Å²) in [6, 6.07) is 4.10. The Morgan fingerprint density at radius 2 is 2.13 bits per heavy atom. The predicted molar refractivity (Wildman–Crippen MR) is 89.0 cm³/mol. The number of hydrogen-bond donors (Lipinski definition) is 2. The minimum absolute atomic E-state index is 0.0366. The fraction of sp³-hybridized carbons (Fsp3) is 0.562. The predicted octanol–water partition coefficient (Wildman–Crippen LogP) is 1.68. The van der Waals surface area contributed by atoms with E-state index in [2.05, 4.69) is 12.2 Å². The van der Waals surface area contributed by atoms with Crippen LogP contribution in [0, 0.1) is 16.0 Å². The molecular weight excluding hydrogens is 318 g/mol. The average molecular weight is 341 g/mol. The number of piperidine rings is 1. The molecule has 2 rings (SSSR count). The van der Waals surface area contributed by atoms with Crippen molar-refractivity contribution in [3.05, 3.63) is 38.9 Å². The van der Waals surface area contributed by atoms with Gasteiger partial charge in [0.2, 0.25) is 0 Å². The van der Waals surface area contributed by atoms with E-state index < -0.39 is 4.92 Å². The van der Waals surface area contributed by atoms with Gasteiger partial charge < -0.3 is 10.2 Å². The summed E-state index contributed by atoms with van der Waals surface area (Å²) in [6.45, 7) is 6.33. The normalized spacial score (nSPS) is 21.0. The number of likely N-dealkylation sites (tertiary alicyclic amines) is 1. The maximum absolute atomic E-state index is 12.0. The van der Waals surface area contributed by atoms with Crippen LogP contribution < -0.4 is 10.2 Å². The van der Waals surface area contributed by atoms with Gasteiger partial charge in [0, 0.05) is 24.6 Å². The number of nitro groups is 1. The second-order valence-electron chi connectivity index (χ2n) is 6.22. The third kappa shape index (κ3) is 5.18. The lowest BCUT2D eigenvalue weighted by molar-refractivity contribution is -0.906. The van der Waals surface area contributed by atoms with E-state index in [0.717, 1.165) is 18.9 Å². The van der Waals surface area contributed by atoms with Crippen molar-refractivity contribution < 1.29 is 14.6 Å². The van der Waals surface area contributed by atoms with E-state index in [9.17, 15) is 14.9 Å². The van der Waals surface area contributed by atoms with Crippen LogP contribution in [0.4, 0.5) is 5.69 Å². The Bertz CT molecular complexity index is 572. The van der Waals surface area contributed by atoms with Crippen molar-refractivity contribution in [1.29, 1.82) is 0 Å². The molecule has 0 aromatic heterocycles. The SMILES string of the molecule is CC1CC[NH+](CCCNC(=O)c2ccc(Cl)c([N+](=O)[O-])c2)CC1. The van der Waals surface area contributed by atoms with Crippen molar-refractivity contribution in [1.82, 2.24) is 5.32 Å². The Morgan fingerprint density at radius 1 is 1.43 bits per heavy atom. The second kappa shape index (κ2) is 8.26. The number of nitro benzene ring substituents is 1. The van der Waals surface area contributed by atoms with Gasteiger partial charge in [0.25, 0.3) is 11.6 Å². The van der Waals surface area contributed by atoms with Crippen LogP contribution >= 0.6 is 11.6 Å². The summed E-state index contributed by atoms with van der Waals surface area (Å²) in [4.78, 5) is 23.9. The molecule has 0 unspecified atom stereocenters. The Hall–Kier alpha value is -1.66. The van der Waals surface area contributed by atoms with Gasteiger partial charge in [-0.3, -0.25) is 14.9 Å². The Labute approximate surface area is 141 Å². The average Bonchev–Trinajstić information content (AvgIpc) is 2.53. The number of nitrogens with one attached hydrogen (secondary N) is 2. The van der Waals surface area contributed by atoms with Gasteiger partial charge in [-0.2, -0.15) is 0 Å². The number of carbonyl (C=O) groups excluding carboxylic acids is 1. The third-order valence-electron chi connectivity index (χ3n) is 4.38. The van der Waals surface area contributed by atoms with E-state index in [-0.39, 0.29) is 22.2 Å². The highest BCUT2D eigenvalue weighted by atomic mass is 35.5. The van der Waals surface area contributed by atoms with Crippen molar-refractivity contribution >= 4 is 23.2 Å². The zero-order valence-corrected chi connectivity index (χ0v) is 14.1. The van der Waals surface area contributed by atoms with E-state index in [1.165, 1.54) is 44.1 Å². The molecule has 2 N–H and O–H groups in total. The molecule has 0 spiro atoms. The number of rotatable bonds is 6. The molecule has 0 atom stereocenters. The van der Waals surface area contributed by atoms with Gasteiger partial charge in [-0.1, -0.05) is 18.5 Å². The monoisotopic (exact) mass is 340 g/mol. The number of halogens is 1. The van der Waals surface area contributed by atoms with Crippen LogP contribution in [0.1, 0.15) is 36.5 Å². The maximum Gasteiger partial charge on any atom is 0.288 e. The Morgan fingerprint density at radius 3 is 2.78 bits per heavy atom. The van der Waals surface area contributed by atoms with Gasteiger partial charge in [-0.05, 0) is 30.9 Å². The van der Waals surface area contributed by atoms with Crippen LogP contribution in [0.5, 0.6) is 0 Å². The lowest BCUT2D eigenvalue weighted by atomic mass is 9.99. The van der Waals surface area contributed by atoms with E-state index in [4.69, 9.17) is 11.6 Å². The number of hydrogen-bond acceptors (Lipinski definition) is 3. The minimum atomic E-state index is -0.584. The highest BCUT2D eigenvalue weighted by Crippen LogP contribution is 2.24. The van der Waals surface area contributed by atoms with Crippen LogP contribution in [0.25, 0.3) is 0 Å². The molecule has 23 heavy (non-hydrogen) atoms. The smallest absolute Gasteiger partial charge is 0.288 e. The second-order valence-corrected chi connectivity index (χ2v) is 6.62. The molecule has 0 aliphatic carbocycles. The number of nitrogens with zero attached hydrogens (tertiary/aromatic N) is 1. The molecule has 1 aromatic rings. The quantitative estimate of drug-likeness (QED) is 0.470. The summed E-state index contributed by atoms with van der Waals surface area (Å²) >= 11 is 5.74. The third-order valence-corrected chi connectivity index (χ3v) is 4.70. The standard InChI is InChI=1S/C16H22ClN3O3/c1-12-5-9-19(10-6-12)8-2-7-18-16(21)13-3-4-14(17)15(11-13)20(22)23/h3-4,11-12H,2,5-10H2,1H3,(H,18,21)/p+1. The molecule has 0 radical (unpaired) electrons. The van der Waals surface area contributed by atoms with Crippen LogP contribution in [0.15, 0.2) is 18.2 Å². The first-order valence-electron chi connectivity index (χ1n) is 8.03. The molecular formula is C16H23ClN3O3+. The molecule has 1 amide bonds. The lowest BCUT2D eigenvalue weighted by Crippen LogP contribution is -3.13. The number of amides is 1. The Kier molecular flexibility index (Phi) is 6.36. The number of benzene rings is 1. The van der Waals surface area contributed by atoms with Gasteiger partial charge >= 0.3 is 0 Å². The summed E-state index contributed by atoms with van der Waals surface area (Å²) in [7, 11) is 0. The molecule has 1 aliphatic rings. The van der Waals surface area contributed by atoms with Crippen LogP contribution in [-0.2, 0) is 0 Å². The lowest BCUT2D eigenvalue weighted by Gasteiger charge is -2.27. The molecule has 1 saturated heterocycles. The summed E-state index contributed by atoms with van der Waals surface area (Å²) in [5.74, 6) is 0.534. The molecule has 0 saturated carbocycles. The summed E-state index contributed by atoms with van der Waals surface area (Å²) in [5, 5.41) is 13.7. The van der Waals surface area contributed by atoms with Crippen LogP contribution in [0.2, 0.25) is 5.02 Å². The Balaban J connectivity index is 1.77. The molecule has 1 aliphatic heterocycles. The molecule has 1 fully saturated rings. The largest absolute Gasteiger partial charge is 0.352 e. The first kappa shape index (κ1) is 17.7. The van der Waals surface area contributed by atoms with Crippen LogP contribution in [-0.4, -0.2) is 37.0 Å². The summed E-state index contributed by atoms with van der Waals surface area (Å²) < 4.78 is 0. The van der Waals surface area contributed by atoms with E-state index >= 15 is 0 Å². The van der Waals surface area contributed by atoms with Gasteiger partial charge in [0.15, 0.2) is 0 Å². The molecule has 0 bridgehead atoms. The zero-order chi connectivity index (χ0) is 16.8. The highest BCUT2D eigenvalue weighted by Gasteiger charge is 2.19. The first-order chi connectivity index (χ1) is 11.0. The van der Waals surface area contributed by atoms with Gasteiger partial charge in [-0.25, -0.2) is 0 Å².